The highest BCUT2D eigenvalue weighted by Gasteiger charge is 2.40. The zero-order chi connectivity index (χ0) is 21.8. The third-order valence-electron chi connectivity index (χ3n) is 5.44. The van der Waals surface area contributed by atoms with Crippen molar-refractivity contribution < 1.29 is 14.2 Å². The molecule has 1 saturated carbocycles. The molecule has 0 bridgehead atoms. The first-order valence-electron chi connectivity index (χ1n) is 10.2. The van der Waals surface area contributed by atoms with Crippen LogP contribution in [0.4, 0.5) is 0 Å². The van der Waals surface area contributed by atoms with Gasteiger partial charge in [0.05, 0.1) is 32.1 Å². The van der Waals surface area contributed by atoms with Gasteiger partial charge in [0, 0.05) is 55.2 Å². The normalized spacial score (nSPS) is 17.4. The van der Waals surface area contributed by atoms with Crippen molar-refractivity contribution in [2.24, 2.45) is 5.92 Å². The smallest absolute Gasteiger partial charge is 0.250 e. The van der Waals surface area contributed by atoms with Gasteiger partial charge in [-0.15, -0.1) is 0 Å². The highest BCUT2D eigenvalue weighted by atomic mass is 16.5. The van der Waals surface area contributed by atoms with Gasteiger partial charge in [0.15, 0.2) is 0 Å². The summed E-state index contributed by atoms with van der Waals surface area (Å²) in [5.74, 6) is 2.69. The number of aryl methyl sites for hydroxylation is 1. The summed E-state index contributed by atoms with van der Waals surface area (Å²) in [6, 6.07) is 7.25. The molecule has 8 heteroatoms. The number of rotatable bonds is 9. The first-order valence-corrected chi connectivity index (χ1v) is 10.2. The molecular weight excluding hydrogens is 396 g/mol. The average molecular weight is 422 g/mol. The van der Waals surface area contributed by atoms with Crippen molar-refractivity contribution in [3.8, 4) is 22.8 Å². The van der Waals surface area contributed by atoms with Crippen LogP contribution in [0.25, 0.3) is 11.1 Å². The number of aromatic nitrogens is 4. The summed E-state index contributed by atoms with van der Waals surface area (Å²) < 4.78 is 18.0. The summed E-state index contributed by atoms with van der Waals surface area (Å²) in [5, 5.41) is 0. The second-order valence-electron chi connectivity index (χ2n) is 7.61. The van der Waals surface area contributed by atoms with Gasteiger partial charge in [-0.25, -0.2) is 4.98 Å². The Hall–Kier alpha value is -3.26. The van der Waals surface area contributed by atoms with Crippen molar-refractivity contribution >= 4 is 0 Å². The highest BCUT2D eigenvalue weighted by Crippen LogP contribution is 2.47. The molecule has 2 atom stereocenters. The minimum absolute atomic E-state index is 0.0795. The molecule has 0 N–H and O–H groups in total. The van der Waals surface area contributed by atoms with E-state index >= 15 is 0 Å². The van der Waals surface area contributed by atoms with Crippen LogP contribution in [-0.2, 0) is 11.3 Å². The minimum atomic E-state index is -0.0795. The van der Waals surface area contributed by atoms with E-state index < -0.39 is 0 Å². The van der Waals surface area contributed by atoms with E-state index in [1.54, 1.807) is 49.5 Å². The van der Waals surface area contributed by atoms with E-state index in [1.807, 2.05) is 19.1 Å². The van der Waals surface area contributed by atoms with E-state index in [1.165, 1.54) is 0 Å². The molecule has 8 nitrogen and oxygen atoms in total. The van der Waals surface area contributed by atoms with Crippen LogP contribution in [0.1, 0.15) is 23.9 Å². The van der Waals surface area contributed by atoms with Crippen LogP contribution in [-0.4, -0.2) is 47.0 Å². The maximum absolute atomic E-state index is 12.1. The summed E-state index contributed by atoms with van der Waals surface area (Å²) in [7, 11) is 3.25. The molecule has 3 aromatic heterocycles. The molecule has 0 aromatic carbocycles. The molecule has 3 aromatic rings. The van der Waals surface area contributed by atoms with E-state index in [2.05, 4.69) is 15.0 Å². The van der Waals surface area contributed by atoms with Gasteiger partial charge in [-0.05, 0) is 31.5 Å². The predicted octanol–water partition coefficient (Wildman–Crippen LogP) is 2.85. The molecule has 4 rings (SSSR count). The lowest BCUT2D eigenvalue weighted by Gasteiger charge is -2.12. The van der Waals surface area contributed by atoms with Crippen molar-refractivity contribution in [1.29, 1.82) is 0 Å². The lowest BCUT2D eigenvalue weighted by molar-refractivity contribution is 0.186. The third kappa shape index (κ3) is 4.91. The van der Waals surface area contributed by atoms with Gasteiger partial charge in [0.1, 0.15) is 11.6 Å². The SMILES string of the molecule is COCCn1cc(-c2cnc(C)nc2OCC2CC2c2ccc(OC)cn2)ccc1=O. The zero-order valence-corrected chi connectivity index (χ0v) is 17.9. The molecule has 1 fully saturated rings. The summed E-state index contributed by atoms with van der Waals surface area (Å²) in [6.45, 7) is 3.31. The van der Waals surface area contributed by atoms with Crippen LogP contribution in [0.5, 0.6) is 11.6 Å². The van der Waals surface area contributed by atoms with E-state index in [-0.39, 0.29) is 5.56 Å². The number of ether oxygens (including phenoxy) is 3. The molecule has 1 aliphatic rings. The van der Waals surface area contributed by atoms with Gasteiger partial charge in [0.2, 0.25) is 5.88 Å². The number of nitrogens with zero attached hydrogens (tertiary/aromatic N) is 4. The standard InChI is InChI=1S/C23H26N4O4/c1-15-24-12-20(16-4-7-22(28)27(13-16)8-9-29-2)23(26-15)31-14-17-10-19(17)21-6-5-18(30-3)11-25-21/h4-7,11-13,17,19H,8-10,14H2,1-3H3. The fourth-order valence-electron chi connectivity index (χ4n) is 3.52. The quantitative estimate of drug-likeness (QED) is 0.524. The summed E-state index contributed by atoms with van der Waals surface area (Å²) in [4.78, 5) is 25.4. The van der Waals surface area contributed by atoms with Crippen molar-refractivity contribution in [2.75, 3.05) is 27.4 Å². The zero-order valence-electron chi connectivity index (χ0n) is 17.9. The van der Waals surface area contributed by atoms with Gasteiger partial charge >= 0.3 is 0 Å². The molecular formula is C23H26N4O4. The van der Waals surface area contributed by atoms with E-state index in [0.29, 0.717) is 43.3 Å². The maximum atomic E-state index is 12.1. The summed E-state index contributed by atoms with van der Waals surface area (Å²) in [5.41, 5.74) is 2.56. The Kier molecular flexibility index (Phi) is 6.27. The first-order chi connectivity index (χ1) is 15.1. The van der Waals surface area contributed by atoms with Crippen molar-refractivity contribution in [1.82, 2.24) is 19.5 Å². The molecule has 162 valence electrons. The van der Waals surface area contributed by atoms with Crippen LogP contribution in [0.2, 0.25) is 0 Å². The van der Waals surface area contributed by atoms with E-state index in [4.69, 9.17) is 14.2 Å². The highest BCUT2D eigenvalue weighted by molar-refractivity contribution is 5.66. The molecule has 0 amide bonds. The van der Waals surface area contributed by atoms with Crippen molar-refractivity contribution in [3.05, 3.63) is 64.7 Å². The van der Waals surface area contributed by atoms with E-state index in [0.717, 1.165) is 29.0 Å². The fraction of sp³-hybridized carbons (Fsp3) is 0.391. The average Bonchev–Trinajstić information content (AvgIpc) is 3.57. The van der Waals surface area contributed by atoms with Crippen LogP contribution >= 0.6 is 0 Å². The monoisotopic (exact) mass is 422 g/mol. The van der Waals surface area contributed by atoms with Crippen molar-refractivity contribution in [3.63, 3.8) is 0 Å². The fourth-order valence-corrected chi connectivity index (χ4v) is 3.52. The summed E-state index contributed by atoms with van der Waals surface area (Å²) in [6.07, 6.45) is 6.31. The van der Waals surface area contributed by atoms with Crippen LogP contribution in [0.3, 0.4) is 0 Å². The van der Waals surface area contributed by atoms with Crippen LogP contribution in [0.15, 0.2) is 47.7 Å². The molecule has 0 saturated heterocycles. The Balaban J connectivity index is 1.48. The van der Waals surface area contributed by atoms with Crippen LogP contribution in [0, 0.1) is 12.8 Å². The maximum Gasteiger partial charge on any atom is 0.250 e. The lowest BCUT2D eigenvalue weighted by Crippen LogP contribution is -2.20. The Bertz CT molecular complexity index is 1100. The van der Waals surface area contributed by atoms with Gasteiger partial charge in [0.25, 0.3) is 5.56 Å². The first kappa shape index (κ1) is 21.0. The third-order valence-corrected chi connectivity index (χ3v) is 5.44. The van der Waals surface area contributed by atoms with Gasteiger partial charge in [-0.3, -0.25) is 9.78 Å². The number of methoxy groups -OCH3 is 2. The Morgan fingerprint density at radius 1 is 1.13 bits per heavy atom. The number of pyridine rings is 2. The molecule has 0 aliphatic heterocycles. The predicted molar refractivity (Wildman–Crippen MR) is 115 cm³/mol. The second-order valence-corrected chi connectivity index (χ2v) is 7.61. The van der Waals surface area contributed by atoms with Gasteiger partial charge in [-0.1, -0.05) is 0 Å². The Morgan fingerprint density at radius 3 is 2.74 bits per heavy atom. The van der Waals surface area contributed by atoms with Gasteiger partial charge < -0.3 is 18.8 Å². The van der Waals surface area contributed by atoms with E-state index in [9.17, 15) is 4.79 Å². The van der Waals surface area contributed by atoms with Crippen molar-refractivity contribution in [2.45, 2.75) is 25.8 Å². The topological polar surface area (TPSA) is 88.4 Å². The number of hydrogen-bond acceptors (Lipinski definition) is 7. The molecule has 1 aliphatic carbocycles. The Labute approximate surface area is 180 Å². The van der Waals surface area contributed by atoms with Crippen LogP contribution < -0.4 is 15.0 Å². The molecule has 31 heavy (non-hydrogen) atoms. The van der Waals surface area contributed by atoms with Gasteiger partial charge in [-0.2, -0.15) is 4.98 Å². The largest absolute Gasteiger partial charge is 0.495 e. The Morgan fingerprint density at radius 2 is 2.00 bits per heavy atom. The molecule has 0 spiro atoms. The molecule has 2 unspecified atom stereocenters. The lowest BCUT2D eigenvalue weighted by atomic mass is 10.1. The number of hydrogen-bond donors (Lipinski definition) is 0. The minimum Gasteiger partial charge on any atom is -0.495 e. The molecule has 3 heterocycles. The molecule has 0 radical (unpaired) electrons. The summed E-state index contributed by atoms with van der Waals surface area (Å²) >= 11 is 0. The second kappa shape index (κ2) is 9.26.